The summed E-state index contributed by atoms with van der Waals surface area (Å²) in [6, 6.07) is 13.9. The van der Waals surface area contributed by atoms with Crippen molar-refractivity contribution in [2.45, 2.75) is 24.5 Å². The van der Waals surface area contributed by atoms with E-state index in [0.717, 1.165) is 15.3 Å². The quantitative estimate of drug-likeness (QED) is 0.385. The SMILES string of the molecule is Nc1nc(-c2ccc(-c3ccccc3)s2)nc2c1ncn2[C@@H]1O[C@H](CO)[C@@H](O)[C@H]1O. The third-order valence-electron chi connectivity index (χ3n) is 5.12. The lowest BCUT2D eigenvalue weighted by atomic mass is 10.1. The van der Waals surface area contributed by atoms with Crippen LogP contribution in [0.5, 0.6) is 0 Å². The number of aliphatic hydroxyl groups is 3. The van der Waals surface area contributed by atoms with Crippen LogP contribution in [0.1, 0.15) is 6.23 Å². The molecule has 0 unspecified atom stereocenters. The highest BCUT2D eigenvalue weighted by Crippen LogP contribution is 2.36. The number of aliphatic hydroxyl groups excluding tert-OH is 3. The van der Waals surface area contributed by atoms with E-state index in [-0.39, 0.29) is 5.82 Å². The van der Waals surface area contributed by atoms with Crippen LogP contribution in [0, 0.1) is 0 Å². The van der Waals surface area contributed by atoms with Gasteiger partial charge in [0.2, 0.25) is 0 Å². The van der Waals surface area contributed by atoms with Gasteiger partial charge in [0.25, 0.3) is 0 Å². The molecule has 0 bridgehead atoms. The first-order valence-corrected chi connectivity index (χ1v) is 10.2. The molecule has 9 nitrogen and oxygen atoms in total. The smallest absolute Gasteiger partial charge is 0.174 e. The molecule has 5 rings (SSSR count). The summed E-state index contributed by atoms with van der Waals surface area (Å²) < 4.78 is 7.12. The van der Waals surface area contributed by atoms with Crippen molar-refractivity contribution >= 4 is 28.3 Å². The Kier molecular flexibility index (Phi) is 4.72. The van der Waals surface area contributed by atoms with Crippen molar-refractivity contribution in [2.24, 2.45) is 0 Å². The van der Waals surface area contributed by atoms with Crippen LogP contribution in [0.15, 0.2) is 48.8 Å². The molecule has 4 heterocycles. The molecule has 0 radical (unpaired) electrons. The highest BCUT2D eigenvalue weighted by Gasteiger charge is 2.44. The fraction of sp³-hybridized carbons (Fsp3) is 0.250. The summed E-state index contributed by atoms with van der Waals surface area (Å²) in [5.74, 6) is 0.635. The van der Waals surface area contributed by atoms with Gasteiger partial charge in [0, 0.05) is 4.88 Å². The summed E-state index contributed by atoms with van der Waals surface area (Å²) in [5.41, 5.74) is 7.97. The lowest BCUT2D eigenvalue weighted by Gasteiger charge is -2.16. The van der Waals surface area contributed by atoms with Gasteiger partial charge in [-0.05, 0) is 17.7 Å². The van der Waals surface area contributed by atoms with Gasteiger partial charge in [0.1, 0.15) is 23.8 Å². The highest BCUT2D eigenvalue weighted by molar-refractivity contribution is 7.18. The van der Waals surface area contributed by atoms with Crippen LogP contribution in [0.25, 0.3) is 32.3 Å². The molecule has 154 valence electrons. The minimum atomic E-state index is -1.24. The zero-order valence-electron chi connectivity index (χ0n) is 15.7. The van der Waals surface area contributed by atoms with Crippen molar-refractivity contribution in [1.29, 1.82) is 0 Å². The Morgan fingerprint density at radius 1 is 1.03 bits per heavy atom. The molecule has 0 aliphatic carbocycles. The maximum Gasteiger partial charge on any atom is 0.174 e. The van der Waals surface area contributed by atoms with E-state index < -0.39 is 31.1 Å². The molecule has 10 heteroatoms. The zero-order chi connectivity index (χ0) is 20.8. The van der Waals surface area contributed by atoms with Gasteiger partial charge in [-0.15, -0.1) is 11.3 Å². The van der Waals surface area contributed by atoms with Crippen molar-refractivity contribution in [3.05, 3.63) is 48.8 Å². The number of ether oxygens (including phenoxy) is 1. The van der Waals surface area contributed by atoms with Gasteiger partial charge < -0.3 is 25.8 Å². The normalized spacial score (nSPS) is 24.0. The lowest BCUT2D eigenvalue weighted by Crippen LogP contribution is -2.33. The van der Waals surface area contributed by atoms with E-state index >= 15 is 0 Å². The maximum absolute atomic E-state index is 10.4. The molecular weight excluding hydrogens is 406 g/mol. The van der Waals surface area contributed by atoms with Gasteiger partial charge in [0.05, 0.1) is 17.8 Å². The third-order valence-corrected chi connectivity index (χ3v) is 6.25. The lowest BCUT2D eigenvalue weighted by molar-refractivity contribution is -0.0511. The van der Waals surface area contributed by atoms with E-state index in [2.05, 4.69) is 15.0 Å². The Labute approximate surface area is 175 Å². The number of hydrogen-bond acceptors (Lipinski definition) is 9. The number of nitrogen functional groups attached to an aromatic ring is 1. The number of nitrogens with zero attached hydrogens (tertiary/aromatic N) is 4. The van der Waals surface area contributed by atoms with Crippen LogP contribution in [0.4, 0.5) is 5.82 Å². The van der Waals surface area contributed by atoms with Gasteiger partial charge >= 0.3 is 0 Å². The number of aromatic nitrogens is 4. The van der Waals surface area contributed by atoms with Crippen LogP contribution in [-0.4, -0.2) is 59.8 Å². The molecule has 1 aliphatic rings. The van der Waals surface area contributed by atoms with Gasteiger partial charge in [0.15, 0.2) is 23.5 Å². The second-order valence-corrected chi connectivity index (χ2v) is 8.10. The first kappa shape index (κ1) is 19.1. The predicted molar refractivity (Wildman–Crippen MR) is 111 cm³/mol. The molecule has 1 aliphatic heterocycles. The van der Waals surface area contributed by atoms with E-state index in [1.165, 1.54) is 22.2 Å². The van der Waals surface area contributed by atoms with E-state index in [1.807, 2.05) is 42.5 Å². The Bertz CT molecular complexity index is 1190. The van der Waals surface area contributed by atoms with Crippen molar-refractivity contribution in [3.63, 3.8) is 0 Å². The van der Waals surface area contributed by atoms with E-state index in [1.54, 1.807) is 0 Å². The first-order valence-electron chi connectivity index (χ1n) is 9.35. The van der Waals surface area contributed by atoms with Gasteiger partial charge in [-0.2, -0.15) is 0 Å². The Balaban J connectivity index is 1.56. The molecular formula is C20H19N5O4S. The number of anilines is 1. The minimum Gasteiger partial charge on any atom is -0.394 e. The Hall–Kier alpha value is -2.89. The van der Waals surface area contributed by atoms with Crippen LogP contribution >= 0.6 is 11.3 Å². The number of benzene rings is 1. The molecule has 4 atom stereocenters. The van der Waals surface area contributed by atoms with Gasteiger partial charge in [-0.25, -0.2) is 15.0 Å². The second-order valence-electron chi connectivity index (χ2n) is 7.02. The molecule has 1 fully saturated rings. The zero-order valence-corrected chi connectivity index (χ0v) is 16.5. The Morgan fingerprint density at radius 2 is 1.80 bits per heavy atom. The number of hydrogen-bond donors (Lipinski definition) is 4. The number of fused-ring (bicyclic) bond motifs is 1. The summed E-state index contributed by atoms with van der Waals surface area (Å²) in [5, 5.41) is 29.8. The molecule has 30 heavy (non-hydrogen) atoms. The summed E-state index contributed by atoms with van der Waals surface area (Å²) in [7, 11) is 0. The molecule has 5 N–H and O–H groups in total. The average Bonchev–Trinajstić information content (AvgIpc) is 3.48. The highest BCUT2D eigenvalue weighted by atomic mass is 32.1. The molecule has 1 aromatic carbocycles. The maximum atomic E-state index is 10.4. The molecule has 1 saturated heterocycles. The first-order chi connectivity index (χ1) is 14.6. The standard InChI is InChI=1S/C20H19N5O4S/c21-17-14-19(25(9-22-14)20-16(28)15(27)11(8-26)29-20)24-18(23-17)13-7-6-12(30-13)10-4-2-1-3-5-10/h1-7,9,11,15-16,20,26-28H,8H2,(H2,21,23,24)/t11-,15-,16-,20-/m1/s1. The molecule has 4 aromatic rings. The summed E-state index contributed by atoms with van der Waals surface area (Å²) >= 11 is 1.54. The third kappa shape index (κ3) is 3.06. The average molecular weight is 425 g/mol. The molecule has 0 spiro atoms. The van der Waals surface area contributed by atoms with Gasteiger partial charge in [-0.1, -0.05) is 30.3 Å². The van der Waals surface area contributed by atoms with E-state index in [0.29, 0.717) is 17.0 Å². The fourth-order valence-electron chi connectivity index (χ4n) is 3.56. The van der Waals surface area contributed by atoms with Crippen LogP contribution < -0.4 is 5.73 Å². The number of rotatable bonds is 4. The second kappa shape index (κ2) is 7.42. The molecule has 0 saturated carbocycles. The van der Waals surface area contributed by atoms with Gasteiger partial charge in [-0.3, -0.25) is 4.57 Å². The van der Waals surface area contributed by atoms with Crippen LogP contribution in [-0.2, 0) is 4.74 Å². The van der Waals surface area contributed by atoms with E-state index in [4.69, 9.17) is 10.5 Å². The summed E-state index contributed by atoms with van der Waals surface area (Å²) in [6.07, 6.45) is -2.88. The summed E-state index contributed by atoms with van der Waals surface area (Å²) in [6.45, 7) is -0.415. The van der Waals surface area contributed by atoms with Crippen molar-refractivity contribution in [3.8, 4) is 21.1 Å². The molecule has 3 aromatic heterocycles. The number of thiophene rings is 1. The number of imidazole rings is 1. The topological polar surface area (TPSA) is 140 Å². The van der Waals surface area contributed by atoms with Crippen molar-refractivity contribution in [1.82, 2.24) is 19.5 Å². The van der Waals surface area contributed by atoms with Crippen LogP contribution in [0.3, 0.4) is 0 Å². The number of nitrogens with two attached hydrogens (primary N) is 1. The fourth-order valence-corrected chi connectivity index (χ4v) is 4.51. The van der Waals surface area contributed by atoms with Crippen LogP contribution in [0.2, 0.25) is 0 Å². The van der Waals surface area contributed by atoms with Crippen molar-refractivity contribution in [2.75, 3.05) is 12.3 Å². The summed E-state index contributed by atoms with van der Waals surface area (Å²) in [4.78, 5) is 15.2. The predicted octanol–water partition coefficient (Wildman–Crippen LogP) is 1.42. The monoisotopic (exact) mass is 425 g/mol. The molecule has 0 amide bonds. The Morgan fingerprint density at radius 3 is 2.53 bits per heavy atom. The largest absolute Gasteiger partial charge is 0.394 e. The minimum absolute atomic E-state index is 0.204. The van der Waals surface area contributed by atoms with Crippen molar-refractivity contribution < 1.29 is 20.1 Å². The van der Waals surface area contributed by atoms with E-state index in [9.17, 15) is 15.3 Å².